The van der Waals surface area contributed by atoms with E-state index in [1.54, 1.807) is 0 Å². The topological polar surface area (TPSA) is 64.5 Å². The van der Waals surface area contributed by atoms with E-state index in [4.69, 9.17) is 4.74 Å². The Bertz CT molecular complexity index is 1140. The summed E-state index contributed by atoms with van der Waals surface area (Å²) in [5, 5.41) is 0. The average Bonchev–Trinajstić information content (AvgIpc) is 3.03. The van der Waals surface area contributed by atoms with Gasteiger partial charge in [-0.2, -0.15) is 35.1 Å². The summed E-state index contributed by atoms with van der Waals surface area (Å²) >= 11 is 0.697. The van der Waals surface area contributed by atoms with Gasteiger partial charge in [-0.3, -0.25) is 0 Å². The van der Waals surface area contributed by atoms with Crippen molar-refractivity contribution in [2.24, 2.45) is 0 Å². The molecule has 1 atom stereocenters. The van der Waals surface area contributed by atoms with Crippen LogP contribution in [0.1, 0.15) is 23.2 Å². The monoisotopic (exact) mass is 519 g/mol. The van der Waals surface area contributed by atoms with Crippen molar-refractivity contribution in [1.29, 1.82) is 0 Å². The highest BCUT2D eigenvalue weighted by Crippen LogP contribution is 2.52. The lowest BCUT2D eigenvalue weighted by Gasteiger charge is -2.39. The predicted molar refractivity (Wildman–Crippen MR) is 95.9 cm³/mol. The van der Waals surface area contributed by atoms with Crippen LogP contribution in [-0.4, -0.2) is 35.0 Å². The molecule has 0 aliphatic carbocycles. The summed E-state index contributed by atoms with van der Waals surface area (Å²) in [6.07, 6.45) is -10.6. The van der Waals surface area contributed by atoms with Gasteiger partial charge in [0.05, 0.1) is 10.5 Å². The number of amides is 1. The van der Waals surface area contributed by atoms with Gasteiger partial charge in [-0.25, -0.2) is 24.1 Å². The summed E-state index contributed by atoms with van der Waals surface area (Å²) in [6, 6.07) is 0.192. The summed E-state index contributed by atoms with van der Waals surface area (Å²) < 4.78 is 128. The van der Waals surface area contributed by atoms with Crippen LogP contribution in [0.5, 0.6) is 5.75 Å². The van der Waals surface area contributed by atoms with Crippen molar-refractivity contribution in [3.63, 3.8) is 0 Å². The van der Waals surface area contributed by atoms with Gasteiger partial charge >= 0.3 is 25.1 Å². The normalized spacial score (nSPS) is 20.6. The van der Waals surface area contributed by atoms with Gasteiger partial charge in [-0.1, -0.05) is 0 Å². The lowest BCUT2D eigenvalue weighted by molar-refractivity contribution is -0.144. The molecule has 2 aliphatic rings. The Hall–Kier alpha value is -2.91. The maximum absolute atomic E-state index is 14.7. The largest absolute Gasteiger partial charge is 0.446 e. The van der Waals surface area contributed by atoms with Crippen LogP contribution in [0, 0.1) is 5.82 Å². The zero-order chi connectivity index (χ0) is 25.1. The Morgan fingerprint density at radius 1 is 1.12 bits per heavy atom. The fraction of sp³-hybridized carbons (Fsp3) is 0.389. The van der Waals surface area contributed by atoms with E-state index in [0.717, 1.165) is 0 Å². The first kappa shape index (κ1) is 24.2. The molecule has 2 aliphatic heterocycles. The zero-order valence-electron chi connectivity index (χ0n) is 16.3. The van der Waals surface area contributed by atoms with E-state index >= 15 is 0 Å². The molecule has 0 bridgehead atoms. The van der Waals surface area contributed by atoms with E-state index < -0.39 is 70.7 Å². The minimum atomic E-state index is -5.13. The maximum atomic E-state index is 14.7. The number of carbonyl (C=O) groups excluding carboxylic acids is 1. The summed E-state index contributed by atoms with van der Waals surface area (Å²) in [6.45, 7) is -4.19. The van der Waals surface area contributed by atoms with Crippen molar-refractivity contribution in [3.8, 4) is 5.75 Å². The van der Waals surface area contributed by atoms with Gasteiger partial charge in [-0.05, 0) is 12.5 Å². The summed E-state index contributed by atoms with van der Waals surface area (Å²) in [4.78, 5) is 19.3. The number of pyridine rings is 2. The van der Waals surface area contributed by atoms with Gasteiger partial charge in [-0.15, -0.1) is 11.8 Å². The molecule has 16 heteroatoms. The average molecular weight is 519 g/mol. The number of fused-ring (bicyclic) bond motifs is 2. The first-order chi connectivity index (χ1) is 15.8. The third-order valence-corrected chi connectivity index (χ3v) is 6.24. The molecule has 4 rings (SSSR count). The quantitative estimate of drug-likeness (QED) is 0.492. The number of halogens is 9. The standard InChI is InChI=1S/C18H10F9N3O3S/c19-10-11-8(5-28-12(10)18(25,26)27)16(1-2-34-11)6-32-15(31)30(16)13-9(33-14(20)21)3-7(4-29-13)17(22,23)24/h3-5,14H,1-2,6H2/t16-/m1/s1. The SMILES string of the molecule is O=C1OC[C@@]2(CCSc3c2cnc(C(F)(F)F)c3F)N1c1ncc(C(F)(F)F)cc1OC(F)F. The number of thioether (sulfide) groups is 1. The minimum absolute atomic E-state index is 0.0515. The molecule has 0 radical (unpaired) electrons. The van der Waals surface area contributed by atoms with Gasteiger partial charge in [0.1, 0.15) is 12.1 Å². The smallest absolute Gasteiger partial charge is 0.436 e. The molecule has 0 unspecified atom stereocenters. The Morgan fingerprint density at radius 2 is 1.82 bits per heavy atom. The Morgan fingerprint density at radius 3 is 2.44 bits per heavy atom. The first-order valence-corrected chi connectivity index (χ1v) is 10.1. The number of anilines is 1. The minimum Gasteiger partial charge on any atom is -0.446 e. The molecule has 2 aromatic rings. The number of hydrogen-bond donors (Lipinski definition) is 0. The fourth-order valence-corrected chi connectivity index (χ4v) is 4.96. The highest BCUT2D eigenvalue weighted by Gasteiger charge is 2.55. The van der Waals surface area contributed by atoms with Crippen LogP contribution < -0.4 is 9.64 Å². The molecule has 0 N–H and O–H groups in total. The molecule has 1 fully saturated rings. The van der Waals surface area contributed by atoms with E-state index in [2.05, 4.69) is 14.7 Å². The van der Waals surface area contributed by atoms with Gasteiger partial charge in [0.2, 0.25) is 0 Å². The van der Waals surface area contributed by atoms with Crippen LogP contribution in [0.2, 0.25) is 0 Å². The highest BCUT2D eigenvalue weighted by molar-refractivity contribution is 7.99. The molecule has 0 saturated carbocycles. The molecular formula is C18H10F9N3O3S. The third-order valence-electron chi connectivity index (χ3n) is 5.14. The summed E-state index contributed by atoms with van der Waals surface area (Å²) in [5.41, 5.74) is -5.30. The van der Waals surface area contributed by atoms with Crippen LogP contribution in [-0.2, 0) is 22.6 Å². The number of hydrogen-bond acceptors (Lipinski definition) is 6. The predicted octanol–water partition coefficient (Wildman–Crippen LogP) is 5.60. The molecule has 0 aromatic carbocycles. The van der Waals surface area contributed by atoms with Gasteiger partial charge in [0.25, 0.3) is 0 Å². The fourth-order valence-electron chi connectivity index (χ4n) is 3.70. The maximum Gasteiger partial charge on any atom is 0.436 e. The van der Waals surface area contributed by atoms with E-state index in [-0.39, 0.29) is 30.0 Å². The molecule has 1 spiro atoms. The molecule has 34 heavy (non-hydrogen) atoms. The van der Waals surface area contributed by atoms with Crippen LogP contribution in [0.4, 0.5) is 50.1 Å². The second kappa shape index (κ2) is 8.09. The van der Waals surface area contributed by atoms with Crippen molar-refractivity contribution in [2.45, 2.75) is 35.8 Å². The van der Waals surface area contributed by atoms with Gasteiger partial charge in [0, 0.05) is 23.7 Å². The second-order valence-electron chi connectivity index (χ2n) is 7.10. The molecule has 1 amide bonds. The number of carbonyl (C=O) groups is 1. The molecular weight excluding hydrogens is 509 g/mol. The number of cyclic esters (lactones) is 1. The number of nitrogens with zero attached hydrogens (tertiary/aromatic N) is 3. The molecule has 184 valence electrons. The molecule has 1 saturated heterocycles. The van der Waals surface area contributed by atoms with E-state index in [9.17, 15) is 44.3 Å². The number of rotatable bonds is 3. The zero-order valence-corrected chi connectivity index (χ0v) is 17.1. The van der Waals surface area contributed by atoms with Gasteiger partial charge < -0.3 is 9.47 Å². The number of alkyl halides is 8. The van der Waals surface area contributed by atoms with Crippen LogP contribution in [0.25, 0.3) is 0 Å². The van der Waals surface area contributed by atoms with Crippen molar-refractivity contribution in [1.82, 2.24) is 9.97 Å². The second-order valence-corrected chi connectivity index (χ2v) is 8.21. The summed E-state index contributed by atoms with van der Waals surface area (Å²) in [7, 11) is 0. The highest BCUT2D eigenvalue weighted by atomic mass is 32.2. The third kappa shape index (κ3) is 3.96. The number of ether oxygens (including phenoxy) is 2. The molecule has 6 nitrogen and oxygen atoms in total. The van der Waals surface area contributed by atoms with Gasteiger partial charge in [0.15, 0.2) is 23.1 Å². The van der Waals surface area contributed by atoms with Crippen molar-refractivity contribution in [3.05, 3.63) is 41.1 Å². The lowest BCUT2D eigenvalue weighted by Crippen LogP contribution is -2.48. The molecule has 2 aromatic heterocycles. The van der Waals surface area contributed by atoms with Crippen molar-refractivity contribution >= 4 is 23.7 Å². The number of aromatic nitrogens is 2. The Kier molecular flexibility index (Phi) is 5.77. The Labute approximate surface area is 188 Å². The van der Waals surface area contributed by atoms with E-state index in [1.165, 1.54) is 0 Å². The van der Waals surface area contributed by atoms with Crippen LogP contribution in [0.3, 0.4) is 0 Å². The first-order valence-electron chi connectivity index (χ1n) is 9.14. The Balaban J connectivity index is 1.90. The lowest BCUT2D eigenvalue weighted by atomic mass is 9.87. The van der Waals surface area contributed by atoms with E-state index in [0.29, 0.717) is 22.9 Å². The summed E-state index contributed by atoms with van der Waals surface area (Å²) in [5.74, 6) is -3.71. The van der Waals surface area contributed by atoms with E-state index in [1.807, 2.05) is 0 Å². The van der Waals surface area contributed by atoms with Crippen LogP contribution >= 0.6 is 11.8 Å². The molecule has 4 heterocycles. The van der Waals surface area contributed by atoms with Crippen molar-refractivity contribution < 1.29 is 53.8 Å². The van der Waals surface area contributed by atoms with Crippen molar-refractivity contribution in [2.75, 3.05) is 17.3 Å². The van der Waals surface area contributed by atoms with Crippen LogP contribution in [0.15, 0.2) is 23.4 Å².